The van der Waals surface area contributed by atoms with E-state index in [9.17, 15) is 14.4 Å². The van der Waals surface area contributed by atoms with Crippen LogP contribution in [-0.4, -0.2) is 48.8 Å². The first-order valence-electron chi connectivity index (χ1n) is 11.3. The van der Waals surface area contributed by atoms with Crippen LogP contribution in [0.1, 0.15) is 5.56 Å². The van der Waals surface area contributed by atoms with Crippen molar-refractivity contribution >= 4 is 63.8 Å². The highest BCUT2D eigenvalue weighted by atomic mass is 35.5. The molecule has 0 unspecified atom stereocenters. The molecular formula is C27H22Cl2N2O6S. The van der Waals surface area contributed by atoms with Crippen molar-refractivity contribution in [1.29, 1.82) is 0 Å². The number of anilines is 1. The second kappa shape index (κ2) is 12.7. The Kier molecular flexibility index (Phi) is 9.17. The summed E-state index contributed by atoms with van der Waals surface area (Å²) in [7, 11) is 1.54. The van der Waals surface area contributed by atoms with E-state index in [0.29, 0.717) is 33.5 Å². The van der Waals surface area contributed by atoms with E-state index in [1.807, 2.05) is 6.07 Å². The smallest absolute Gasteiger partial charge is 0.293 e. The van der Waals surface area contributed by atoms with E-state index in [4.69, 9.17) is 37.4 Å². The summed E-state index contributed by atoms with van der Waals surface area (Å²) in [5, 5.41) is 2.93. The highest BCUT2D eigenvalue weighted by molar-refractivity contribution is 8.18. The third-order valence-corrected chi connectivity index (χ3v) is 6.81. The third kappa shape index (κ3) is 6.80. The van der Waals surface area contributed by atoms with Gasteiger partial charge in [0.2, 0.25) is 0 Å². The predicted molar refractivity (Wildman–Crippen MR) is 148 cm³/mol. The molecule has 3 aromatic carbocycles. The van der Waals surface area contributed by atoms with E-state index in [0.717, 1.165) is 16.7 Å². The number of para-hydroxylation sites is 3. The third-order valence-electron chi connectivity index (χ3n) is 5.28. The number of thioether (sulfide) groups is 1. The van der Waals surface area contributed by atoms with Crippen molar-refractivity contribution in [2.75, 3.05) is 32.2 Å². The van der Waals surface area contributed by atoms with Crippen LogP contribution in [0, 0.1) is 0 Å². The molecule has 1 aliphatic heterocycles. The van der Waals surface area contributed by atoms with Gasteiger partial charge in [-0.1, -0.05) is 53.5 Å². The Morgan fingerprint density at radius 2 is 1.68 bits per heavy atom. The van der Waals surface area contributed by atoms with E-state index >= 15 is 0 Å². The van der Waals surface area contributed by atoms with Gasteiger partial charge in [-0.2, -0.15) is 0 Å². The van der Waals surface area contributed by atoms with Crippen molar-refractivity contribution in [2.45, 2.75) is 0 Å². The first kappa shape index (κ1) is 27.4. The minimum atomic E-state index is -0.420. The zero-order chi connectivity index (χ0) is 27.1. The molecule has 1 saturated heterocycles. The summed E-state index contributed by atoms with van der Waals surface area (Å²) in [5.41, 5.74) is 1.07. The maximum atomic E-state index is 12.8. The number of benzene rings is 3. The maximum absolute atomic E-state index is 12.8. The summed E-state index contributed by atoms with van der Waals surface area (Å²) in [6.45, 7) is -0.0719. The normalized spacial score (nSPS) is 14.1. The fourth-order valence-corrected chi connectivity index (χ4v) is 4.74. The van der Waals surface area contributed by atoms with Crippen LogP contribution in [0.5, 0.6) is 17.2 Å². The molecule has 0 spiro atoms. The molecule has 0 aromatic heterocycles. The maximum Gasteiger partial charge on any atom is 0.293 e. The molecule has 1 heterocycles. The van der Waals surface area contributed by atoms with Crippen molar-refractivity contribution in [1.82, 2.24) is 4.90 Å². The largest absolute Gasteiger partial charge is 0.493 e. The Bertz CT molecular complexity index is 1400. The van der Waals surface area contributed by atoms with Gasteiger partial charge in [0, 0.05) is 0 Å². The van der Waals surface area contributed by atoms with Gasteiger partial charge in [0.25, 0.3) is 17.1 Å². The molecule has 1 N–H and O–H groups in total. The molecule has 4 rings (SSSR count). The predicted octanol–water partition coefficient (Wildman–Crippen LogP) is 6.13. The topological polar surface area (TPSA) is 94.2 Å². The number of carbonyl (C=O) groups is 3. The van der Waals surface area contributed by atoms with E-state index in [-0.39, 0.29) is 34.9 Å². The highest BCUT2D eigenvalue weighted by Gasteiger charge is 2.34. The molecule has 0 radical (unpaired) electrons. The zero-order valence-electron chi connectivity index (χ0n) is 20.1. The van der Waals surface area contributed by atoms with E-state index in [1.54, 1.807) is 66.7 Å². The molecule has 1 fully saturated rings. The van der Waals surface area contributed by atoms with Crippen molar-refractivity contribution in [3.8, 4) is 17.2 Å². The summed E-state index contributed by atoms with van der Waals surface area (Å²) in [6.07, 6.45) is 1.58. The van der Waals surface area contributed by atoms with Crippen molar-refractivity contribution in [2.24, 2.45) is 0 Å². The van der Waals surface area contributed by atoms with Crippen LogP contribution in [0.15, 0.2) is 71.6 Å². The number of ether oxygens (including phenoxy) is 3. The minimum absolute atomic E-state index is 0.0871. The van der Waals surface area contributed by atoms with Crippen LogP contribution in [0.3, 0.4) is 0 Å². The Labute approximate surface area is 233 Å². The van der Waals surface area contributed by atoms with E-state index < -0.39 is 11.8 Å². The first-order valence-corrected chi connectivity index (χ1v) is 12.9. The molecule has 196 valence electrons. The van der Waals surface area contributed by atoms with Gasteiger partial charge in [0.1, 0.15) is 12.4 Å². The number of methoxy groups -OCH3 is 1. The number of halogens is 2. The average Bonchev–Trinajstić information content (AvgIpc) is 3.17. The van der Waals surface area contributed by atoms with Gasteiger partial charge in [-0.3, -0.25) is 19.3 Å². The summed E-state index contributed by atoms with van der Waals surface area (Å²) >= 11 is 13.2. The second-order valence-corrected chi connectivity index (χ2v) is 9.65. The van der Waals surface area contributed by atoms with Crippen molar-refractivity contribution in [3.05, 3.63) is 87.2 Å². The lowest BCUT2D eigenvalue weighted by atomic mass is 10.2. The summed E-state index contributed by atoms with van der Waals surface area (Å²) in [5.74, 6) is 0.556. The molecule has 3 amide bonds. The molecule has 3 aromatic rings. The number of nitrogens with zero attached hydrogens (tertiary/aromatic N) is 1. The molecule has 38 heavy (non-hydrogen) atoms. The van der Waals surface area contributed by atoms with Gasteiger partial charge in [-0.15, -0.1) is 0 Å². The van der Waals surface area contributed by atoms with Crippen molar-refractivity contribution in [3.63, 3.8) is 0 Å². The number of nitrogens with one attached hydrogen (secondary N) is 1. The first-order chi connectivity index (χ1) is 18.4. The molecule has 8 nitrogen and oxygen atoms in total. The van der Waals surface area contributed by atoms with Crippen LogP contribution < -0.4 is 19.5 Å². The lowest BCUT2D eigenvalue weighted by Crippen LogP contribution is -2.32. The number of rotatable bonds is 10. The molecule has 0 aliphatic carbocycles. The standard InChI is InChI=1S/C27H22Cl2N2O6S/c1-35-22-8-4-5-9-23(22)36-13-12-31-26(33)24(38-27(31)34)15-17-10-11-21(19(29)14-17)37-16-25(32)30-20-7-3-2-6-18(20)28/h2-11,14-15H,12-13,16H2,1H3,(H,30,32)/b24-15-. The average molecular weight is 573 g/mol. The molecule has 1 aliphatic rings. The van der Waals surface area contributed by atoms with Gasteiger partial charge in [0.05, 0.1) is 34.3 Å². The molecule has 0 bridgehead atoms. The number of imide groups is 1. The lowest BCUT2D eigenvalue weighted by Gasteiger charge is -2.14. The summed E-state index contributed by atoms with van der Waals surface area (Å²) in [4.78, 5) is 38.8. The minimum Gasteiger partial charge on any atom is -0.493 e. The van der Waals surface area contributed by atoms with Crippen LogP contribution >= 0.6 is 35.0 Å². The number of hydrogen-bond acceptors (Lipinski definition) is 7. The summed E-state index contributed by atoms with van der Waals surface area (Å²) < 4.78 is 16.4. The van der Waals surface area contributed by atoms with E-state index in [2.05, 4.69) is 5.32 Å². The van der Waals surface area contributed by atoms with Crippen molar-refractivity contribution < 1.29 is 28.6 Å². The lowest BCUT2D eigenvalue weighted by molar-refractivity contribution is -0.123. The Morgan fingerprint density at radius 3 is 2.42 bits per heavy atom. The quantitative estimate of drug-likeness (QED) is 0.292. The molecule has 0 saturated carbocycles. The Hall–Kier alpha value is -3.66. The van der Waals surface area contributed by atoms with Crippen LogP contribution in [0.25, 0.3) is 6.08 Å². The van der Waals surface area contributed by atoms with Gasteiger partial charge >= 0.3 is 0 Å². The second-order valence-electron chi connectivity index (χ2n) is 7.84. The SMILES string of the molecule is COc1ccccc1OCCN1C(=O)S/C(=C\c2ccc(OCC(=O)Nc3ccccc3Cl)c(Cl)c2)C1=O. The van der Waals surface area contributed by atoms with Crippen LogP contribution in [0.2, 0.25) is 10.0 Å². The fraction of sp³-hybridized carbons (Fsp3) is 0.148. The fourth-order valence-electron chi connectivity index (χ4n) is 3.45. The molecule has 0 atom stereocenters. The number of carbonyl (C=O) groups excluding carboxylic acids is 3. The van der Waals surface area contributed by atoms with Crippen LogP contribution in [-0.2, 0) is 9.59 Å². The Morgan fingerprint density at radius 1 is 0.947 bits per heavy atom. The van der Waals surface area contributed by atoms with E-state index in [1.165, 1.54) is 7.11 Å². The van der Waals surface area contributed by atoms with Gasteiger partial charge < -0.3 is 19.5 Å². The molecule has 11 heteroatoms. The monoisotopic (exact) mass is 572 g/mol. The van der Waals surface area contributed by atoms with Gasteiger partial charge in [0.15, 0.2) is 18.1 Å². The zero-order valence-corrected chi connectivity index (χ0v) is 22.4. The van der Waals surface area contributed by atoms with Crippen LogP contribution in [0.4, 0.5) is 10.5 Å². The number of hydrogen-bond donors (Lipinski definition) is 1. The molecular weight excluding hydrogens is 551 g/mol. The highest BCUT2D eigenvalue weighted by Crippen LogP contribution is 2.34. The van der Waals surface area contributed by atoms with Gasteiger partial charge in [-0.05, 0) is 59.8 Å². The summed E-state index contributed by atoms with van der Waals surface area (Å²) in [6, 6.07) is 18.8. The number of amides is 3. The van der Waals surface area contributed by atoms with Gasteiger partial charge in [-0.25, -0.2) is 0 Å². The Balaban J connectivity index is 1.33.